The molecule has 0 saturated heterocycles. The van der Waals surface area contributed by atoms with Crippen molar-refractivity contribution < 1.29 is 23.4 Å². The van der Waals surface area contributed by atoms with Crippen LogP contribution in [0.1, 0.15) is 23.5 Å². The molecule has 0 aliphatic rings. The largest absolute Gasteiger partial charge is 0.432 e. The molecule has 0 amide bonds. The molecule has 0 radical (unpaired) electrons. The van der Waals surface area contributed by atoms with Gasteiger partial charge in [-0.1, -0.05) is 60.7 Å². The minimum atomic E-state index is -3.25. The zero-order valence-electron chi connectivity index (χ0n) is 11.7. The Kier molecular flexibility index (Phi) is 5.61. The van der Waals surface area contributed by atoms with E-state index in [1.807, 2.05) is 60.7 Å². The molecule has 2 aromatic carbocycles. The summed E-state index contributed by atoms with van der Waals surface area (Å²) in [4.78, 5) is 10.9. The third-order valence-corrected chi connectivity index (χ3v) is 3.27. The van der Waals surface area contributed by atoms with E-state index in [9.17, 15) is 18.7 Å². The number of aliphatic hydroxyl groups is 1. The van der Waals surface area contributed by atoms with Crippen LogP contribution in [0.4, 0.5) is 8.78 Å². The van der Waals surface area contributed by atoms with Gasteiger partial charge >= 0.3 is 12.4 Å². The van der Waals surface area contributed by atoms with Crippen LogP contribution >= 0.6 is 0 Å². The number of hydrogen-bond donors (Lipinski definition) is 1. The topological polar surface area (TPSA) is 46.5 Å². The van der Waals surface area contributed by atoms with E-state index in [2.05, 4.69) is 4.74 Å². The van der Waals surface area contributed by atoms with Gasteiger partial charge in [0.25, 0.3) is 0 Å². The van der Waals surface area contributed by atoms with Gasteiger partial charge in [-0.3, -0.25) is 0 Å². The molecule has 0 aliphatic carbocycles. The van der Waals surface area contributed by atoms with Gasteiger partial charge in [0.15, 0.2) is 0 Å². The molecule has 1 N–H and O–H groups in total. The van der Waals surface area contributed by atoms with Crippen molar-refractivity contribution in [2.24, 2.45) is 0 Å². The average molecular weight is 306 g/mol. The number of aliphatic hydroxyl groups excluding tert-OH is 1. The van der Waals surface area contributed by atoms with Crippen LogP contribution in [0.25, 0.3) is 0 Å². The molecule has 0 spiro atoms. The van der Waals surface area contributed by atoms with Gasteiger partial charge in [0.1, 0.15) is 0 Å². The first-order chi connectivity index (χ1) is 10.6. The van der Waals surface area contributed by atoms with Crippen LogP contribution in [0.5, 0.6) is 0 Å². The molecular weight excluding hydrogens is 290 g/mol. The van der Waals surface area contributed by atoms with E-state index in [0.717, 1.165) is 11.1 Å². The smallest absolute Gasteiger partial charge is 0.376 e. The second kappa shape index (κ2) is 7.66. The molecule has 0 aliphatic heterocycles. The highest BCUT2D eigenvalue weighted by Crippen LogP contribution is 2.29. The lowest BCUT2D eigenvalue weighted by Crippen LogP contribution is -2.24. The van der Waals surface area contributed by atoms with E-state index in [1.54, 1.807) is 0 Å². The quantitative estimate of drug-likeness (QED) is 0.658. The predicted octanol–water partition coefficient (Wildman–Crippen LogP) is 3.34. The summed E-state index contributed by atoms with van der Waals surface area (Å²) in [7, 11) is 0. The fourth-order valence-electron chi connectivity index (χ4n) is 2.27. The van der Waals surface area contributed by atoms with Crippen LogP contribution in [0.2, 0.25) is 0 Å². The number of hydrogen-bond acceptors (Lipinski definition) is 3. The Morgan fingerprint density at radius 3 is 1.82 bits per heavy atom. The monoisotopic (exact) mass is 306 g/mol. The van der Waals surface area contributed by atoms with Crippen LogP contribution < -0.4 is 0 Å². The summed E-state index contributed by atoms with van der Waals surface area (Å²) in [5.74, 6) is -1.98. The Balaban J connectivity index is 2.17. The van der Waals surface area contributed by atoms with Gasteiger partial charge < -0.3 is 9.84 Å². The van der Waals surface area contributed by atoms with Crippen molar-refractivity contribution in [3.05, 3.63) is 71.8 Å². The zero-order valence-corrected chi connectivity index (χ0v) is 11.7. The minimum Gasteiger partial charge on any atom is -0.432 e. The van der Waals surface area contributed by atoms with Crippen LogP contribution in [-0.4, -0.2) is 23.8 Å². The molecule has 1 unspecified atom stereocenters. The van der Waals surface area contributed by atoms with Crippen LogP contribution in [0, 0.1) is 0 Å². The summed E-state index contributed by atoms with van der Waals surface area (Å²) in [6.45, 7) is 0. The number of carbonyl (C=O) groups excluding carboxylic acids is 1. The third kappa shape index (κ3) is 4.36. The van der Waals surface area contributed by atoms with E-state index in [4.69, 9.17) is 0 Å². The van der Waals surface area contributed by atoms with Gasteiger partial charge in [-0.15, -0.1) is 0 Å². The van der Waals surface area contributed by atoms with Crippen molar-refractivity contribution in [2.45, 2.75) is 25.1 Å². The molecule has 2 rings (SSSR count). The summed E-state index contributed by atoms with van der Waals surface area (Å²) >= 11 is 0. The van der Waals surface area contributed by atoms with Crippen LogP contribution in [-0.2, 0) is 9.53 Å². The van der Waals surface area contributed by atoms with Crippen molar-refractivity contribution in [3.63, 3.8) is 0 Å². The number of benzene rings is 2. The van der Waals surface area contributed by atoms with Gasteiger partial charge in [0.2, 0.25) is 6.29 Å². The predicted molar refractivity (Wildman–Crippen MR) is 77.4 cm³/mol. The zero-order chi connectivity index (χ0) is 15.9. The molecule has 0 aromatic heterocycles. The van der Waals surface area contributed by atoms with Crippen molar-refractivity contribution in [3.8, 4) is 0 Å². The average Bonchev–Trinajstić information content (AvgIpc) is 2.54. The summed E-state index contributed by atoms with van der Waals surface area (Å²) in [5, 5.41) is 9.79. The second-order valence-corrected chi connectivity index (χ2v) is 4.80. The summed E-state index contributed by atoms with van der Waals surface area (Å²) in [6.07, 6.45) is -4.83. The maximum Gasteiger partial charge on any atom is 0.376 e. The molecule has 0 saturated carbocycles. The Bertz CT molecular complexity index is 548. The minimum absolute atomic E-state index is 0.00644. The summed E-state index contributed by atoms with van der Waals surface area (Å²) in [5.41, 5.74) is 1.81. The van der Waals surface area contributed by atoms with E-state index in [-0.39, 0.29) is 12.3 Å². The second-order valence-electron chi connectivity index (χ2n) is 4.80. The molecule has 3 nitrogen and oxygen atoms in total. The Labute approximate surface area is 127 Å². The van der Waals surface area contributed by atoms with E-state index in [0.29, 0.717) is 0 Å². The van der Waals surface area contributed by atoms with Crippen molar-refractivity contribution in [2.75, 3.05) is 0 Å². The molecular formula is C17H16F2O3. The van der Waals surface area contributed by atoms with Crippen LogP contribution in [0.15, 0.2) is 60.7 Å². The first-order valence-electron chi connectivity index (χ1n) is 6.84. The lowest BCUT2D eigenvalue weighted by Gasteiger charge is -2.21. The molecule has 22 heavy (non-hydrogen) atoms. The number of ether oxygens (including phenoxy) is 1. The normalized spacial score (nSPS) is 12.4. The number of carbonyl (C=O) groups is 1. The molecule has 0 fully saturated rings. The summed E-state index contributed by atoms with van der Waals surface area (Å²) < 4.78 is 28.7. The van der Waals surface area contributed by atoms with Gasteiger partial charge in [-0.05, 0) is 11.1 Å². The highest BCUT2D eigenvalue weighted by molar-refractivity contribution is 5.72. The SMILES string of the molecule is O=C(OC(O)CC(c1ccccc1)c1ccccc1)C(F)F. The van der Waals surface area contributed by atoms with Crippen molar-refractivity contribution in [1.29, 1.82) is 0 Å². The number of alkyl halides is 2. The number of halogens is 2. The lowest BCUT2D eigenvalue weighted by molar-refractivity contribution is -0.181. The lowest BCUT2D eigenvalue weighted by atomic mass is 9.88. The molecule has 116 valence electrons. The van der Waals surface area contributed by atoms with E-state index in [1.165, 1.54) is 0 Å². The molecule has 5 heteroatoms. The van der Waals surface area contributed by atoms with Crippen LogP contribution in [0.3, 0.4) is 0 Å². The first kappa shape index (κ1) is 16.1. The summed E-state index contributed by atoms with van der Waals surface area (Å²) in [6, 6.07) is 18.6. The molecule has 0 heterocycles. The fourth-order valence-corrected chi connectivity index (χ4v) is 2.27. The Morgan fingerprint density at radius 1 is 0.955 bits per heavy atom. The van der Waals surface area contributed by atoms with Crippen molar-refractivity contribution >= 4 is 5.97 Å². The highest BCUT2D eigenvalue weighted by atomic mass is 19.3. The Hall–Kier alpha value is -2.27. The highest BCUT2D eigenvalue weighted by Gasteiger charge is 2.24. The molecule has 1 atom stereocenters. The number of rotatable bonds is 6. The van der Waals surface area contributed by atoms with Gasteiger partial charge in [0.05, 0.1) is 0 Å². The fraction of sp³-hybridized carbons (Fsp3) is 0.235. The molecule has 2 aromatic rings. The van der Waals surface area contributed by atoms with E-state index < -0.39 is 18.7 Å². The maximum atomic E-state index is 12.2. The van der Waals surface area contributed by atoms with E-state index >= 15 is 0 Å². The first-order valence-corrected chi connectivity index (χ1v) is 6.84. The molecule has 0 bridgehead atoms. The van der Waals surface area contributed by atoms with Gasteiger partial charge in [-0.25, -0.2) is 4.79 Å². The van der Waals surface area contributed by atoms with Crippen molar-refractivity contribution in [1.82, 2.24) is 0 Å². The Morgan fingerprint density at radius 2 is 1.41 bits per heavy atom. The maximum absolute atomic E-state index is 12.2. The van der Waals surface area contributed by atoms with Gasteiger partial charge in [-0.2, -0.15) is 8.78 Å². The standard InChI is InChI=1S/C17H16F2O3/c18-16(19)17(21)22-15(20)11-14(12-7-3-1-4-8-12)13-9-5-2-6-10-13/h1-10,14-16,20H,11H2. The number of esters is 1. The van der Waals surface area contributed by atoms with Gasteiger partial charge in [0, 0.05) is 12.3 Å². The third-order valence-electron chi connectivity index (χ3n) is 3.27.